The Labute approximate surface area is 231 Å². The van der Waals surface area contributed by atoms with Gasteiger partial charge >= 0.3 is 5.97 Å². The average Bonchev–Trinajstić information content (AvgIpc) is 3.45. The molecular weight excluding hydrogens is 508 g/mol. The van der Waals surface area contributed by atoms with Crippen molar-refractivity contribution in [3.05, 3.63) is 112 Å². The first-order valence-corrected chi connectivity index (χ1v) is 13.2. The molecular formula is C33H28O7. The summed E-state index contributed by atoms with van der Waals surface area (Å²) in [6.45, 7) is 1.18. The summed E-state index contributed by atoms with van der Waals surface area (Å²) in [6.07, 6.45) is 1.66. The number of ketones is 1. The zero-order chi connectivity index (χ0) is 27.6. The molecule has 0 unspecified atom stereocenters. The highest BCUT2D eigenvalue weighted by atomic mass is 16.5. The van der Waals surface area contributed by atoms with Gasteiger partial charge in [-0.2, -0.15) is 0 Å². The molecule has 1 N–H and O–H groups in total. The summed E-state index contributed by atoms with van der Waals surface area (Å²) in [4.78, 5) is 25.6. The number of hydrogen-bond acceptors (Lipinski definition) is 7. The minimum atomic E-state index is -0.531. The summed E-state index contributed by atoms with van der Waals surface area (Å²) in [6, 6.07) is 23.5. The zero-order valence-corrected chi connectivity index (χ0v) is 22.0. The van der Waals surface area contributed by atoms with Crippen LogP contribution in [0, 0.1) is 0 Å². The van der Waals surface area contributed by atoms with Crippen molar-refractivity contribution >= 4 is 11.8 Å². The largest absolute Gasteiger partial charge is 0.507 e. The zero-order valence-electron chi connectivity index (χ0n) is 22.0. The Morgan fingerprint density at radius 1 is 0.975 bits per heavy atom. The van der Waals surface area contributed by atoms with Crippen molar-refractivity contribution in [3.63, 3.8) is 0 Å². The highest BCUT2D eigenvalue weighted by Gasteiger charge is 2.34. The van der Waals surface area contributed by atoms with Crippen LogP contribution in [-0.2, 0) is 17.6 Å². The molecule has 40 heavy (non-hydrogen) atoms. The lowest BCUT2D eigenvalue weighted by molar-refractivity contribution is -0.135. The maximum Gasteiger partial charge on any atom is 0.312 e. The van der Waals surface area contributed by atoms with Gasteiger partial charge in [0.25, 0.3) is 0 Å². The predicted octanol–water partition coefficient (Wildman–Crippen LogP) is 5.63. The van der Waals surface area contributed by atoms with Crippen molar-refractivity contribution in [1.29, 1.82) is 0 Å². The number of phenolic OH excluding ortho intramolecular Hbond substituents is 1. The predicted molar refractivity (Wildman–Crippen MR) is 148 cm³/mol. The number of benzene rings is 4. The molecule has 0 aliphatic carbocycles. The fraction of sp³-hybridized carbons (Fsp3) is 0.212. The van der Waals surface area contributed by atoms with Gasteiger partial charge in [0.1, 0.15) is 17.2 Å². The fourth-order valence-corrected chi connectivity index (χ4v) is 5.36. The Kier molecular flexibility index (Phi) is 6.86. The number of methoxy groups -OCH3 is 1. The van der Waals surface area contributed by atoms with Crippen LogP contribution < -0.4 is 18.9 Å². The molecule has 4 aromatic carbocycles. The van der Waals surface area contributed by atoms with Crippen LogP contribution in [0.15, 0.2) is 78.9 Å². The van der Waals surface area contributed by atoms with E-state index in [0.717, 1.165) is 30.8 Å². The molecule has 2 aliphatic heterocycles. The lowest BCUT2D eigenvalue weighted by atomic mass is 9.84. The molecule has 0 amide bonds. The van der Waals surface area contributed by atoms with Crippen molar-refractivity contribution < 1.29 is 33.6 Å². The summed E-state index contributed by atoms with van der Waals surface area (Å²) < 4.78 is 22.7. The minimum Gasteiger partial charge on any atom is -0.507 e. The molecule has 0 saturated carbocycles. The van der Waals surface area contributed by atoms with Crippen LogP contribution in [0.2, 0.25) is 0 Å². The van der Waals surface area contributed by atoms with Gasteiger partial charge in [0.15, 0.2) is 17.3 Å². The number of hydrogen-bond donors (Lipinski definition) is 1. The van der Waals surface area contributed by atoms with Gasteiger partial charge in [0.05, 0.1) is 32.3 Å². The number of phenols is 1. The molecule has 1 atom stereocenters. The van der Waals surface area contributed by atoms with E-state index >= 15 is 0 Å². The molecule has 6 rings (SSSR count). The fourth-order valence-electron chi connectivity index (χ4n) is 5.36. The van der Waals surface area contributed by atoms with Gasteiger partial charge in [0.2, 0.25) is 0 Å². The van der Waals surface area contributed by atoms with Crippen LogP contribution in [0.25, 0.3) is 0 Å². The van der Waals surface area contributed by atoms with E-state index < -0.39 is 11.9 Å². The summed E-state index contributed by atoms with van der Waals surface area (Å²) in [7, 11) is 1.56. The van der Waals surface area contributed by atoms with Crippen molar-refractivity contribution in [2.75, 3.05) is 20.3 Å². The normalized spacial score (nSPS) is 15.4. The van der Waals surface area contributed by atoms with Gasteiger partial charge in [-0.05, 0) is 47.0 Å². The molecule has 202 valence electrons. The van der Waals surface area contributed by atoms with E-state index in [1.165, 1.54) is 17.2 Å². The lowest BCUT2D eigenvalue weighted by Gasteiger charge is -2.27. The molecule has 0 fully saturated rings. The number of rotatable bonds is 8. The van der Waals surface area contributed by atoms with E-state index in [4.69, 9.17) is 18.9 Å². The van der Waals surface area contributed by atoms with Gasteiger partial charge in [0, 0.05) is 29.9 Å². The second-order valence-electron chi connectivity index (χ2n) is 9.85. The van der Waals surface area contributed by atoms with Crippen LogP contribution in [0.5, 0.6) is 28.7 Å². The van der Waals surface area contributed by atoms with Crippen molar-refractivity contribution in [2.24, 2.45) is 0 Å². The second kappa shape index (κ2) is 10.8. The smallest absolute Gasteiger partial charge is 0.312 e. The van der Waals surface area contributed by atoms with Gasteiger partial charge in [-0.3, -0.25) is 9.59 Å². The quantitative estimate of drug-likeness (QED) is 0.177. The van der Waals surface area contributed by atoms with Crippen LogP contribution in [0.4, 0.5) is 0 Å². The Hall–Kier alpha value is -4.78. The lowest BCUT2D eigenvalue weighted by Crippen LogP contribution is -2.22. The Morgan fingerprint density at radius 3 is 2.62 bits per heavy atom. The third-order valence-electron chi connectivity index (χ3n) is 7.39. The molecule has 2 aliphatic rings. The summed E-state index contributed by atoms with van der Waals surface area (Å²) in [5.41, 5.74) is 4.14. The number of ether oxygens (including phenoxy) is 4. The third kappa shape index (κ3) is 4.86. The second-order valence-corrected chi connectivity index (χ2v) is 9.85. The molecule has 0 bridgehead atoms. The Balaban J connectivity index is 1.25. The van der Waals surface area contributed by atoms with Gasteiger partial charge in [-0.15, -0.1) is 0 Å². The maximum absolute atomic E-state index is 13.2. The third-order valence-corrected chi connectivity index (χ3v) is 7.39. The topological polar surface area (TPSA) is 91.3 Å². The van der Waals surface area contributed by atoms with Crippen LogP contribution in [0.1, 0.15) is 50.5 Å². The van der Waals surface area contributed by atoms with Crippen LogP contribution >= 0.6 is 0 Å². The number of carbonyl (C=O) groups excluding carboxylic acids is 2. The molecule has 0 radical (unpaired) electrons. The van der Waals surface area contributed by atoms with E-state index in [9.17, 15) is 14.7 Å². The van der Waals surface area contributed by atoms with Crippen LogP contribution in [-0.4, -0.2) is 37.2 Å². The van der Waals surface area contributed by atoms with Crippen LogP contribution in [0.3, 0.4) is 0 Å². The molecule has 0 saturated heterocycles. The number of aromatic hydroxyl groups is 1. The van der Waals surface area contributed by atoms with Crippen molar-refractivity contribution in [2.45, 2.75) is 25.2 Å². The molecule has 0 spiro atoms. The first kappa shape index (κ1) is 25.5. The average molecular weight is 537 g/mol. The molecule has 7 nitrogen and oxygen atoms in total. The highest BCUT2D eigenvalue weighted by Crippen LogP contribution is 2.47. The van der Waals surface area contributed by atoms with E-state index in [2.05, 4.69) is 12.1 Å². The molecule has 2 heterocycles. The van der Waals surface area contributed by atoms with Gasteiger partial charge in [-0.1, -0.05) is 48.5 Å². The molecule has 0 aromatic heterocycles. The first-order chi connectivity index (χ1) is 19.5. The van der Waals surface area contributed by atoms with E-state index in [-0.39, 0.29) is 29.3 Å². The molecule has 4 aromatic rings. The van der Waals surface area contributed by atoms with E-state index in [1.54, 1.807) is 49.6 Å². The first-order valence-electron chi connectivity index (χ1n) is 13.2. The number of fused-ring (bicyclic) bond motifs is 2. The Morgan fingerprint density at radius 2 is 1.80 bits per heavy atom. The monoisotopic (exact) mass is 536 g/mol. The van der Waals surface area contributed by atoms with Crippen molar-refractivity contribution in [1.82, 2.24) is 0 Å². The van der Waals surface area contributed by atoms with E-state index in [1.807, 2.05) is 18.2 Å². The maximum atomic E-state index is 13.2. The van der Waals surface area contributed by atoms with Gasteiger partial charge < -0.3 is 24.1 Å². The number of esters is 1. The minimum absolute atomic E-state index is 0.00887. The Bertz CT molecular complexity index is 1590. The van der Waals surface area contributed by atoms with Crippen molar-refractivity contribution in [3.8, 4) is 28.7 Å². The highest BCUT2D eigenvalue weighted by molar-refractivity contribution is 6.11. The number of carbonyl (C=O) groups is 2. The molecule has 7 heteroatoms. The van der Waals surface area contributed by atoms with E-state index in [0.29, 0.717) is 29.2 Å². The van der Waals surface area contributed by atoms with Gasteiger partial charge in [-0.25, -0.2) is 0 Å². The summed E-state index contributed by atoms with van der Waals surface area (Å²) in [5.74, 6) is 0.828. The summed E-state index contributed by atoms with van der Waals surface area (Å²) >= 11 is 0. The summed E-state index contributed by atoms with van der Waals surface area (Å²) in [5, 5.41) is 11.3. The standard InChI is InChI=1S/C33H28O7/c1-37-29-18-22(8-11-27(29)39-15-13-20-7-10-26-23(17-20)14-16-38-26)25-19-30(34)40-28-12-9-24(33(36)31(25)28)32(35)21-5-3-2-4-6-21/h2-12,17-18,25,36H,13-16,19H2,1H3/t25-/m1/s1. The SMILES string of the molecule is COc1cc([C@H]2CC(=O)Oc3ccc(C(=O)c4ccccc4)c(O)c32)ccc1OCCc1ccc2c(c1)CCO2.